The molecule has 3 aromatic carbocycles. The molecule has 0 aliphatic heterocycles. The molecular weight excluding hydrogens is 429 g/mol. The van der Waals surface area contributed by atoms with Gasteiger partial charge >= 0.3 is 0 Å². The summed E-state index contributed by atoms with van der Waals surface area (Å²) in [5, 5.41) is 9.36. The second-order valence-electron chi connectivity index (χ2n) is 7.94. The number of halogens is 1. The normalized spacial score (nSPS) is 11.5. The van der Waals surface area contributed by atoms with E-state index in [0.29, 0.717) is 23.8 Å². The number of nitrogens with zero attached hydrogens (tertiary/aromatic N) is 2. The van der Waals surface area contributed by atoms with Gasteiger partial charge in [0.1, 0.15) is 17.7 Å². The number of aromatic nitrogens is 2. The summed E-state index contributed by atoms with van der Waals surface area (Å²) in [5.74, 6) is 0.433. The molecule has 0 saturated heterocycles. The Morgan fingerprint density at radius 1 is 0.882 bits per heavy atom. The quantitative estimate of drug-likeness (QED) is 0.331. The Labute approximate surface area is 198 Å². The van der Waals surface area contributed by atoms with Gasteiger partial charge in [0.05, 0.1) is 0 Å². The Balaban J connectivity index is 1.52. The number of anilines is 3. The summed E-state index contributed by atoms with van der Waals surface area (Å²) in [7, 11) is 0. The van der Waals surface area contributed by atoms with Crippen LogP contribution in [0.15, 0.2) is 91.0 Å². The Morgan fingerprint density at radius 2 is 1.59 bits per heavy atom. The van der Waals surface area contributed by atoms with Crippen LogP contribution in [-0.4, -0.2) is 21.9 Å². The lowest BCUT2D eigenvalue weighted by atomic mass is 10.0. The van der Waals surface area contributed by atoms with Gasteiger partial charge < -0.3 is 16.0 Å². The van der Waals surface area contributed by atoms with Crippen LogP contribution in [0, 0.1) is 12.7 Å². The van der Waals surface area contributed by atoms with Gasteiger partial charge in [-0.1, -0.05) is 60.7 Å². The number of carbonyl (C=O) groups is 1. The van der Waals surface area contributed by atoms with Gasteiger partial charge in [-0.2, -0.15) is 4.98 Å². The van der Waals surface area contributed by atoms with Crippen molar-refractivity contribution >= 4 is 23.4 Å². The average molecular weight is 456 g/mol. The Kier molecular flexibility index (Phi) is 7.45. The smallest absolute Gasteiger partial charge is 0.243 e. The predicted molar refractivity (Wildman–Crippen MR) is 132 cm³/mol. The lowest BCUT2D eigenvalue weighted by Crippen LogP contribution is -2.41. The van der Waals surface area contributed by atoms with E-state index in [1.807, 2.05) is 67.6 Å². The molecular formula is C27H26FN5O. The molecule has 7 heteroatoms. The molecule has 0 aliphatic rings. The zero-order chi connectivity index (χ0) is 23.8. The Morgan fingerprint density at radius 3 is 2.32 bits per heavy atom. The molecule has 1 aromatic heterocycles. The fourth-order valence-electron chi connectivity index (χ4n) is 3.55. The van der Waals surface area contributed by atoms with Gasteiger partial charge in [-0.15, -0.1) is 0 Å². The van der Waals surface area contributed by atoms with Crippen LogP contribution in [0.25, 0.3) is 0 Å². The number of hydrogen-bond donors (Lipinski definition) is 3. The highest BCUT2D eigenvalue weighted by Crippen LogP contribution is 2.17. The number of nitrogens with one attached hydrogen (secondary N) is 3. The van der Waals surface area contributed by atoms with Crippen LogP contribution in [0.1, 0.15) is 16.8 Å². The van der Waals surface area contributed by atoms with Crippen molar-refractivity contribution in [1.29, 1.82) is 0 Å². The van der Waals surface area contributed by atoms with Crippen LogP contribution in [0.3, 0.4) is 0 Å². The second kappa shape index (κ2) is 11.0. The highest BCUT2D eigenvalue weighted by Gasteiger charge is 2.20. The summed E-state index contributed by atoms with van der Waals surface area (Å²) in [6.07, 6.45) is 0.459. The maximum absolute atomic E-state index is 13.5. The lowest BCUT2D eigenvalue weighted by Gasteiger charge is -2.20. The fourth-order valence-corrected chi connectivity index (χ4v) is 3.55. The topological polar surface area (TPSA) is 78.9 Å². The SMILES string of the molecule is Cc1cc(N[C@@H](Cc2ccccc2)C(=O)NCc2cccc(F)c2)nc(Nc2ccccc2)n1. The Bertz CT molecular complexity index is 1230. The monoisotopic (exact) mass is 455 g/mol. The zero-order valence-electron chi connectivity index (χ0n) is 18.8. The molecule has 0 saturated carbocycles. The number of hydrogen-bond acceptors (Lipinski definition) is 5. The first-order valence-electron chi connectivity index (χ1n) is 11.1. The third kappa shape index (κ3) is 6.62. The van der Waals surface area contributed by atoms with E-state index in [-0.39, 0.29) is 18.3 Å². The number of rotatable bonds is 9. The van der Waals surface area contributed by atoms with E-state index in [1.165, 1.54) is 12.1 Å². The molecule has 34 heavy (non-hydrogen) atoms. The van der Waals surface area contributed by atoms with Crippen molar-refractivity contribution < 1.29 is 9.18 Å². The van der Waals surface area contributed by atoms with Crippen LogP contribution >= 0.6 is 0 Å². The summed E-state index contributed by atoms with van der Waals surface area (Å²) in [5.41, 5.74) is 3.33. The van der Waals surface area contributed by atoms with Crippen molar-refractivity contribution in [3.63, 3.8) is 0 Å². The fraction of sp³-hybridized carbons (Fsp3) is 0.148. The van der Waals surface area contributed by atoms with Crippen molar-refractivity contribution in [2.24, 2.45) is 0 Å². The van der Waals surface area contributed by atoms with Crippen molar-refractivity contribution in [3.8, 4) is 0 Å². The van der Waals surface area contributed by atoms with E-state index in [4.69, 9.17) is 0 Å². The summed E-state index contributed by atoms with van der Waals surface area (Å²) in [6.45, 7) is 2.10. The van der Waals surface area contributed by atoms with Crippen molar-refractivity contribution in [1.82, 2.24) is 15.3 Å². The molecule has 4 rings (SSSR count). The van der Waals surface area contributed by atoms with Crippen LogP contribution in [0.4, 0.5) is 21.8 Å². The molecule has 172 valence electrons. The van der Waals surface area contributed by atoms with Crippen LogP contribution < -0.4 is 16.0 Å². The minimum atomic E-state index is -0.588. The molecule has 4 aromatic rings. The van der Waals surface area contributed by atoms with Gasteiger partial charge in [-0.05, 0) is 42.3 Å². The van der Waals surface area contributed by atoms with Crippen LogP contribution in [0.2, 0.25) is 0 Å². The molecule has 1 atom stereocenters. The average Bonchev–Trinajstić information content (AvgIpc) is 2.83. The molecule has 1 amide bonds. The first-order valence-corrected chi connectivity index (χ1v) is 11.1. The predicted octanol–water partition coefficient (Wildman–Crippen LogP) is 5.01. The molecule has 0 fully saturated rings. The van der Waals surface area contributed by atoms with Gasteiger partial charge in [0.25, 0.3) is 0 Å². The number of carbonyl (C=O) groups excluding carboxylic acids is 1. The lowest BCUT2D eigenvalue weighted by molar-refractivity contribution is -0.122. The third-order valence-corrected chi connectivity index (χ3v) is 5.16. The van der Waals surface area contributed by atoms with Gasteiger partial charge in [0, 0.05) is 30.4 Å². The molecule has 0 bridgehead atoms. The Hall–Kier alpha value is -4.26. The zero-order valence-corrected chi connectivity index (χ0v) is 18.8. The van der Waals surface area contributed by atoms with Crippen molar-refractivity contribution in [3.05, 3.63) is 114 Å². The van der Waals surface area contributed by atoms with Crippen LogP contribution in [0.5, 0.6) is 0 Å². The summed E-state index contributed by atoms with van der Waals surface area (Å²) in [4.78, 5) is 22.2. The van der Waals surface area contributed by atoms with E-state index in [0.717, 1.165) is 16.9 Å². The number of amides is 1. The van der Waals surface area contributed by atoms with E-state index >= 15 is 0 Å². The molecule has 0 radical (unpaired) electrons. The standard InChI is InChI=1S/C27H26FN5O/c1-19-15-25(33-27(30-19)31-23-13-6-3-7-14-23)32-24(17-20-9-4-2-5-10-20)26(34)29-18-21-11-8-12-22(28)16-21/h2-16,24H,17-18H2,1H3,(H,29,34)(H2,30,31,32,33)/t24-/m0/s1. The van der Waals surface area contributed by atoms with Gasteiger partial charge in [-0.25, -0.2) is 9.37 Å². The number of para-hydroxylation sites is 1. The molecule has 6 nitrogen and oxygen atoms in total. The maximum Gasteiger partial charge on any atom is 0.243 e. The summed E-state index contributed by atoms with van der Waals surface area (Å²) in [6, 6.07) is 26.8. The van der Waals surface area contributed by atoms with Crippen molar-refractivity contribution in [2.75, 3.05) is 10.6 Å². The molecule has 0 aliphatic carbocycles. The van der Waals surface area contributed by atoms with E-state index < -0.39 is 6.04 Å². The number of aryl methyl sites for hydroxylation is 1. The minimum Gasteiger partial charge on any atom is -0.358 e. The molecule has 0 unspecified atom stereocenters. The minimum absolute atomic E-state index is 0.207. The third-order valence-electron chi connectivity index (χ3n) is 5.16. The van der Waals surface area contributed by atoms with E-state index in [9.17, 15) is 9.18 Å². The highest BCUT2D eigenvalue weighted by molar-refractivity contribution is 5.84. The second-order valence-corrected chi connectivity index (χ2v) is 7.94. The summed E-state index contributed by atoms with van der Waals surface area (Å²) < 4.78 is 13.5. The van der Waals surface area contributed by atoms with Gasteiger partial charge in [0.15, 0.2) is 0 Å². The maximum atomic E-state index is 13.5. The largest absolute Gasteiger partial charge is 0.358 e. The number of benzene rings is 3. The first-order chi connectivity index (χ1) is 16.5. The summed E-state index contributed by atoms with van der Waals surface area (Å²) >= 11 is 0. The molecule has 3 N–H and O–H groups in total. The van der Waals surface area contributed by atoms with Gasteiger partial charge in [-0.3, -0.25) is 4.79 Å². The van der Waals surface area contributed by atoms with Crippen molar-refractivity contribution in [2.45, 2.75) is 25.9 Å². The van der Waals surface area contributed by atoms with Gasteiger partial charge in [0.2, 0.25) is 11.9 Å². The molecule has 1 heterocycles. The molecule has 0 spiro atoms. The first kappa shape index (κ1) is 22.9. The van der Waals surface area contributed by atoms with E-state index in [1.54, 1.807) is 18.2 Å². The highest BCUT2D eigenvalue weighted by atomic mass is 19.1. The van der Waals surface area contributed by atoms with E-state index in [2.05, 4.69) is 25.9 Å². The van der Waals surface area contributed by atoms with Crippen LogP contribution in [-0.2, 0) is 17.8 Å².